The number of carbonyl (C=O) groups is 3. The molecule has 0 aliphatic carbocycles. The normalized spacial score (nSPS) is 10.2. The Balaban J connectivity index is 2.40. The Labute approximate surface area is 137 Å². The third-order valence-corrected chi connectivity index (χ3v) is 4.56. The first kappa shape index (κ1) is 16.7. The fourth-order valence-corrected chi connectivity index (χ4v) is 3.21. The number of nitrogens with two attached hydrogens (primary N) is 1. The molecule has 0 fully saturated rings. The maximum Gasteiger partial charge on any atom is 0.338 e. The molecule has 1 aromatic carbocycles. The second-order valence-electron chi connectivity index (χ2n) is 4.84. The highest BCUT2D eigenvalue weighted by Crippen LogP contribution is 2.32. The van der Waals surface area contributed by atoms with E-state index in [1.165, 1.54) is 30.6 Å². The number of primary amides is 1. The van der Waals surface area contributed by atoms with Crippen molar-refractivity contribution >= 4 is 34.1 Å². The predicted molar refractivity (Wildman–Crippen MR) is 88.0 cm³/mol. The Kier molecular flexibility index (Phi) is 4.80. The zero-order valence-corrected chi connectivity index (χ0v) is 13.7. The van der Waals surface area contributed by atoms with Crippen LogP contribution in [0.3, 0.4) is 0 Å². The molecule has 7 heteroatoms. The lowest BCUT2D eigenvalue weighted by Crippen LogP contribution is -2.19. The van der Waals surface area contributed by atoms with Gasteiger partial charge in [-0.1, -0.05) is 12.1 Å². The van der Waals surface area contributed by atoms with E-state index >= 15 is 0 Å². The van der Waals surface area contributed by atoms with Crippen molar-refractivity contribution in [2.24, 2.45) is 5.73 Å². The summed E-state index contributed by atoms with van der Waals surface area (Å²) in [6.07, 6.45) is 0. The van der Waals surface area contributed by atoms with Gasteiger partial charge in [-0.25, -0.2) is 4.79 Å². The number of ether oxygens (including phenoxy) is 1. The number of benzene rings is 1. The molecule has 120 valence electrons. The van der Waals surface area contributed by atoms with Gasteiger partial charge in [0.25, 0.3) is 11.8 Å². The largest absolute Gasteiger partial charge is 0.465 e. The topological polar surface area (TPSA) is 98.5 Å². The number of carbonyl (C=O) groups excluding carboxylic acids is 3. The number of esters is 1. The van der Waals surface area contributed by atoms with Gasteiger partial charge in [-0.15, -0.1) is 11.3 Å². The third-order valence-electron chi connectivity index (χ3n) is 3.44. The molecule has 6 nitrogen and oxygen atoms in total. The molecule has 3 N–H and O–H groups in total. The van der Waals surface area contributed by atoms with Gasteiger partial charge in [0.05, 0.1) is 23.8 Å². The van der Waals surface area contributed by atoms with Crippen LogP contribution >= 0.6 is 11.3 Å². The molecule has 0 aliphatic rings. The van der Waals surface area contributed by atoms with Crippen LogP contribution in [0.15, 0.2) is 24.3 Å². The SMILES string of the molecule is COC(=O)c1ccccc1C(=O)Nc1sc(C)c(C)c1C(N)=O. The molecule has 0 atom stereocenters. The van der Waals surface area contributed by atoms with Crippen LogP contribution in [0.4, 0.5) is 5.00 Å². The highest BCUT2D eigenvalue weighted by Gasteiger charge is 2.22. The van der Waals surface area contributed by atoms with E-state index in [0.717, 1.165) is 10.4 Å². The van der Waals surface area contributed by atoms with Crippen molar-refractivity contribution in [3.05, 3.63) is 51.4 Å². The number of methoxy groups -OCH3 is 1. The monoisotopic (exact) mass is 332 g/mol. The molecule has 0 bridgehead atoms. The molecule has 2 amide bonds. The van der Waals surface area contributed by atoms with Crippen LogP contribution in [-0.4, -0.2) is 24.9 Å². The summed E-state index contributed by atoms with van der Waals surface area (Å²) in [4.78, 5) is 36.7. The van der Waals surface area contributed by atoms with Crippen LogP contribution in [0, 0.1) is 13.8 Å². The first-order valence-electron chi connectivity index (χ1n) is 6.75. The van der Waals surface area contributed by atoms with Gasteiger partial charge in [-0.3, -0.25) is 9.59 Å². The van der Waals surface area contributed by atoms with E-state index in [1.54, 1.807) is 19.1 Å². The van der Waals surface area contributed by atoms with Crippen molar-refractivity contribution in [2.75, 3.05) is 12.4 Å². The molecular weight excluding hydrogens is 316 g/mol. The Bertz CT molecular complexity index is 795. The van der Waals surface area contributed by atoms with Gasteiger partial charge < -0.3 is 15.8 Å². The Hall–Kier alpha value is -2.67. The average Bonchev–Trinajstić information content (AvgIpc) is 2.80. The fraction of sp³-hybridized carbons (Fsp3) is 0.188. The summed E-state index contributed by atoms with van der Waals surface area (Å²) in [7, 11) is 1.24. The van der Waals surface area contributed by atoms with Crippen molar-refractivity contribution < 1.29 is 19.1 Å². The highest BCUT2D eigenvalue weighted by atomic mass is 32.1. The number of nitrogens with one attached hydrogen (secondary N) is 1. The molecule has 2 aromatic rings. The number of hydrogen-bond acceptors (Lipinski definition) is 5. The number of amides is 2. The van der Waals surface area contributed by atoms with E-state index in [2.05, 4.69) is 10.1 Å². The summed E-state index contributed by atoms with van der Waals surface area (Å²) < 4.78 is 4.67. The van der Waals surface area contributed by atoms with Gasteiger partial charge in [-0.05, 0) is 31.5 Å². The van der Waals surface area contributed by atoms with Crippen LogP contribution in [0.25, 0.3) is 0 Å². The minimum absolute atomic E-state index is 0.151. The van der Waals surface area contributed by atoms with Gasteiger partial charge in [-0.2, -0.15) is 0 Å². The maximum absolute atomic E-state index is 12.5. The number of hydrogen-bond donors (Lipinski definition) is 2. The van der Waals surface area contributed by atoms with E-state index in [1.807, 2.05) is 6.92 Å². The first-order chi connectivity index (χ1) is 10.9. The number of rotatable bonds is 4. The standard InChI is InChI=1S/C16H16N2O4S/c1-8-9(2)23-15(12(8)13(17)19)18-14(20)10-6-4-5-7-11(10)16(21)22-3/h4-7H,1-3H3,(H2,17,19)(H,18,20). The summed E-state index contributed by atoms with van der Waals surface area (Å²) in [5.41, 5.74) is 6.72. The van der Waals surface area contributed by atoms with Crippen LogP contribution < -0.4 is 11.1 Å². The van der Waals surface area contributed by atoms with E-state index in [0.29, 0.717) is 5.00 Å². The van der Waals surface area contributed by atoms with E-state index in [9.17, 15) is 14.4 Å². The van der Waals surface area contributed by atoms with Crippen LogP contribution in [0.2, 0.25) is 0 Å². The second kappa shape index (κ2) is 6.62. The van der Waals surface area contributed by atoms with Crippen molar-refractivity contribution in [3.8, 4) is 0 Å². The zero-order valence-electron chi connectivity index (χ0n) is 12.9. The van der Waals surface area contributed by atoms with Crippen LogP contribution in [0.5, 0.6) is 0 Å². The van der Waals surface area contributed by atoms with E-state index < -0.39 is 17.8 Å². The molecule has 0 spiro atoms. The van der Waals surface area contributed by atoms with Crippen molar-refractivity contribution in [3.63, 3.8) is 0 Å². The summed E-state index contributed by atoms with van der Waals surface area (Å²) in [5.74, 6) is -1.72. The lowest BCUT2D eigenvalue weighted by molar-refractivity contribution is 0.0597. The summed E-state index contributed by atoms with van der Waals surface area (Å²) in [6, 6.07) is 6.29. The zero-order chi connectivity index (χ0) is 17.1. The minimum Gasteiger partial charge on any atom is -0.465 e. The molecule has 1 heterocycles. The third kappa shape index (κ3) is 3.24. The maximum atomic E-state index is 12.5. The van der Waals surface area contributed by atoms with E-state index in [-0.39, 0.29) is 16.7 Å². The van der Waals surface area contributed by atoms with Gasteiger partial charge >= 0.3 is 5.97 Å². The Morgan fingerprint density at radius 3 is 2.30 bits per heavy atom. The predicted octanol–water partition coefficient (Wildman–Crippen LogP) is 2.50. The minimum atomic E-state index is -0.608. The summed E-state index contributed by atoms with van der Waals surface area (Å²) >= 11 is 1.26. The molecule has 0 saturated heterocycles. The molecule has 1 aromatic heterocycles. The average molecular weight is 332 g/mol. The smallest absolute Gasteiger partial charge is 0.338 e. The lowest BCUT2D eigenvalue weighted by Gasteiger charge is -2.08. The summed E-state index contributed by atoms with van der Waals surface area (Å²) in [6.45, 7) is 3.61. The van der Waals surface area contributed by atoms with Crippen LogP contribution in [0.1, 0.15) is 41.5 Å². The van der Waals surface area contributed by atoms with Crippen LogP contribution in [-0.2, 0) is 4.74 Å². The van der Waals surface area contributed by atoms with Crippen molar-refractivity contribution in [1.82, 2.24) is 0 Å². The fourth-order valence-electron chi connectivity index (χ4n) is 2.15. The molecule has 2 rings (SSSR count). The lowest BCUT2D eigenvalue weighted by atomic mass is 10.1. The Morgan fingerprint density at radius 1 is 1.13 bits per heavy atom. The summed E-state index contributed by atoms with van der Waals surface area (Å²) in [5, 5.41) is 3.03. The quantitative estimate of drug-likeness (QED) is 0.840. The molecule has 0 saturated carbocycles. The first-order valence-corrected chi connectivity index (χ1v) is 7.57. The van der Waals surface area contributed by atoms with Gasteiger partial charge in [0.2, 0.25) is 0 Å². The highest BCUT2D eigenvalue weighted by molar-refractivity contribution is 7.16. The Morgan fingerprint density at radius 2 is 1.74 bits per heavy atom. The second-order valence-corrected chi connectivity index (χ2v) is 6.07. The number of anilines is 1. The molecule has 0 aliphatic heterocycles. The van der Waals surface area contributed by atoms with Gasteiger partial charge in [0, 0.05) is 4.88 Å². The number of aryl methyl sites for hydroxylation is 1. The van der Waals surface area contributed by atoms with Crippen molar-refractivity contribution in [1.29, 1.82) is 0 Å². The van der Waals surface area contributed by atoms with Crippen molar-refractivity contribution in [2.45, 2.75) is 13.8 Å². The molecule has 23 heavy (non-hydrogen) atoms. The molecular formula is C16H16N2O4S. The molecule has 0 radical (unpaired) electrons. The van der Waals surface area contributed by atoms with E-state index in [4.69, 9.17) is 5.73 Å². The van der Waals surface area contributed by atoms with Gasteiger partial charge in [0.15, 0.2) is 0 Å². The van der Waals surface area contributed by atoms with Gasteiger partial charge in [0.1, 0.15) is 5.00 Å². The number of thiophene rings is 1. The molecule has 0 unspecified atom stereocenters.